The van der Waals surface area contributed by atoms with Gasteiger partial charge < -0.3 is 10.4 Å². The van der Waals surface area contributed by atoms with E-state index in [0.29, 0.717) is 17.0 Å². The minimum atomic E-state index is -1.07. The zero-order valence-electron chi connectivity index (χ0n) is 10.0. The van der Waals surface area contributed by atoms with Crippen molar-refractivity contribution in [1.82, 2.24) is 14.7 Å². The summed E-state index contributed by atoms with van der Waals surface area (Å²) in [6, 6.07) is 4.45. The summed E-state index contributed by atoms with van der Waals surface area (Å²) in [6.07, 6.45) is 1.72. The van der Waals surface area contributed by atoms with Gasteiger partial charge in [-0.05, 0) is 26.0 Å². The van der Waals surface area contributed by atoms with Gasteiger partial charge in [-0.25, -0.2) is 4.98 Å². The van der Waals surface area contributed by atoms with Gasteiger partial charge in [0.2, 0.25) is 0 Å². The number of aromatic nitrogens is 2. The number of pyridine rings is 1. The third-order valence-electron chi connectivity index (χ3n) is 2.64. The normalized spacial score (nSPS) is 12.3. The average Bonchev–Trinajstić information content (AvgIpc) is 2.64. The molecule has 0 bridgehead atoms. The van der Waals surface area contributed by atoms with Crippen molar-refractivity contribution in [3.63, 3.8) is 0 Å². The maximum absolute atomic E-state index is 12.0. The molecule has 0 aliphatic heterocycles. The van der Waals surface area contributed by atoms with Gasteiger partial charge in [0.15, 0.2) is 0 Å². The van der Waals surface area contributed by atoms with Crippen molar-refractivity contribution >= 4 is 17.5 Å². The molecule has 0 spiro atoms. The van der Waals surface area contributed by atoms with Crippen LogP contribution >= 0.6 is 0 Å². The van der Waals surface area contributed by atoms with E-state index in [1.54, 1.807) is 29.7 Å². The zero-order chi connectivity index (χ0) is 13.3. The molecule has 0 saturated carbocycles. The molecule has 6 nitrogen and oxygen atoms in total. The summed E-state index contributed by atoms with van der Waals surface area (Å²) < 4.78 is 1.64. The number of carbonyl (C=O) groups excluding carboxylic acids is 1. The highest BCUT2D eigenvalue weighted by molar-refractivity contribution is 5.96. The lowest BCUT2D eigenvalue weighted by Crippen LogP contribution is -2.39. The first-order valence-electron chi connectivity index (χ1n) is 5.48. The molecule has 94 valence electrons. The molecule has 0 saturated heterocycles. The van der Waals surface area contributed by atoms with Gasteiger partial charge in [0.1, 0.15) is 17.4 Å². The Labute approximate surface area is 103 Å². The lowest BCUT2D eigenvalue weighted by atomic mass is 10.3. The van der Waals surface area contributed by atoms with Gasteiger partial charge in [0.25, 0.3) is 5.91 Å². The lowest BCUT2D eigenvalue weighted by Gasteiger charge is -2.09. The number of hydrogen-bond donors (Lipinski definition) is 2. The van der Waals surface area contributed by atoms with Crippen LogP contribution in [-0.4, -0.2) is 32.4 Å². The molecule has 18 heavy (non-hydrogen) atoms. The summed E-state index contributed by atoms with van der Waals surface area (Å²) in [5.74, 6) is -1.52. The Morgan fingerprint density at radius 1 is 1.44 bits per heavy atom. The first-order valence-corrected chi connectivity index (χ1v) is 5.48. The van der Waals surface area contributed by atoms with Gasteiger partial charge in [-0.3, -0.25) is 14.0 Å². The molecule has 6 heteroatoms. The fraction of sp³-hybridized carbons (Fsp3) is 0.250. The summed E-state index contributed by atoms with van der Waals surface area (Å²) in [4.78, 5) is 27.0. The number of hydrogen-bond acceptors (Lipinski definition) is 3. The van der Waals surface area contributed by atoms with Crippen LogP contribution in [0.1, 0.15) is 23.1 Å². The number of amides is 1. The van der Waals surface area contributed by atoms with Gasteiger partial charge in [-0.15, -0.1) is 0 Å². The Balaban J connectivity index is 2.39. The fourth-order valence-electron chi connectivity index (χ4n) is 1.71. The Morgan fingerprint density at radius 3 is 2.83 bits per heavy atom. The van der Waals surface area contributed by atoms with Crippen LogP contribution in [-0.2, 0) is 4.79 Å². The van der Waals surface area contributed by atoms with Gasteiger partial charge in [0.05, 0.1) is 5.69 Å². The number of nitrogens with one attached hydrogen (secondary N) is 1. The second-order valence-corrected chi connectivity index (χ2v) is 4.01. The standard InChI is InChI=1S/C12H13N3O3/c1-7-10(11(16)14-8(2)12(17)18)15-6-4-3-5-9(15)13-7/h3-6,8H,1-2H3,(H,14,16)(H,17,18). The van der Waals surface area contributed by atoms with Crippen LogP contribution in [0, 0.1) is 6.92 Å². The largest absolute Gasteiger partial charge is 0.480 e. The van der Waals surface area contributed by atoms with Crippen molar-refractivity contribution in [2.45, 2.75) is 19.9 Å². The maximum Gasteiger partial charge on any atom is 0.325 e. The predicted molar refractivity (Wildman–Crippen MR) is 64.5 cm³/mol. The van der Waals surface area contributed by atoms with E-state index in [0.717, 1.165) is 0 Å². The molecule has 1 unspecified atom stereocenters. The van der Waals surface area contributed by atoms with Crippen molar-refractivity contribution in [2.75, 3.05) is 0 Å². The van der Waals surface area contributed by atoms with Crippen LogP contribution < -0.4 is 5.32 Å². The number of fused-ring (bicyclic) bond motifs is 1. The van der Waals surface area contributed by atoms with Crippen molar-refractivity contribution in [1.29, 1.82) is 0 Å². The zero-order valence-corrected chi connectivity index (χ0v) is 10.0. The molecular formula is C12H13N3O3. The second-order valence-electron chi connectivity index (χ2n) is 4.01. The number of carboxylic acids is 1. The SMILES string of the molecule is Cc1nc2ccccn2c1C(=O)NC(C)C(=O)O. The minimum absolute atomic E-state index is 0.360. The first-order chi connectivity index (χ1) is 8.50. The third kappa shape index (κ3) is 2.04. The smallest absolute Gasteiger partial charge is 0.325 e. The third-order valence-corrected chi connectivity index (χ3v) is 2.64. The molecule has 2 heterocycles. The molecule has 0 radical (unpaired) electrons. The molecule has 2 N–H and O–H groups in total. The first kappa shape index (κ1) is 12.1. The van der Waals surface area contributed by atoms with E-state index in [4.69, 9.17) is 5.11 Å². The van der Waals surface area contributed by atoms with Crippen LogP contribution in [0.25, 0.3) is 5.65 Å². The van der Waals surface area contributed by atoms with E-state index in [2.05, 4.69) is 10.3 Å². The molecular weight excluding hydrogens is 234 g/mol. The highest BCUT2D eigenvalue weighted by Gasteiger charge is 2.20. The number of carboxylic acid groups (broad SMARTS) is 1. The molecule has 0 aliphatic carbocycles. The van der Waals surface area contributed by atoms with Gasteiger partial charge in [0, 0.05) is 6.20 Å². The van der Waals surface area contributed by atoms with E-state index < -0.39 is 17.9 Å². The van der Waals surface area contributed by atoms with E-state index >= 15 is 0 Å². The Morgan fingerprint density at radius 2 is 2.17 bits per heavy atom. The number of imidazole rings is 1. The predicted octanol–water partition coefficient (Wildman–Crippen LogP) is 0.846. The summed E-state index contributed by atoms with van der Waals surface area (Å²) in [5.41, 5.74) is 1.58. The van der Waals surface area contributed by atoms with E-state index in [-0.39, 0.29) is 0 Å². The molecule has 1 atom stereocenters. The summed E-state index contributed by atoms with van der Waals surface area (Å²) >= 11 is 0. The number of nitrogens with zero attached hydrogens (tertiary/aromatic N) is 2. The van der Waals surface area contributed by atoms with Crippen molar-refractivity contribution in [3.05, 3.63) is 35.8 Å². The monoisotopic (exact) mass is 247 g/mol. The van der Waals surface area contributed by atoms with Crippen molar-refractivity contribution in [3.8, 4) is 0 Å². The van der Waals surface area contributed by atoms with Crippen LogP contribution in [0.2, 0.25) is 0 Å². The van der Waals surface area contributed by atoms with Crippen molar-refractivity contribution in [2.24, 2.45) is 0 Å². The van der Waals surface area contributed by atoms with E-state index in [1.165, 1.54) is 6.92 Å². The molecule has 2 aromatic rings. The highest BCUT2D eigenvalue weighted by atomic mass is 16.4. The molecule has 1 amide bonds. The summed E-state index contributed by atoms with van der Waals surface area (Å²) in [5, 5.41) is 11.2. The number of aryl methyl sites for hydroxylation is 1. The molecule has 0 fully saturated rings. The van der Waals surface area contributed by atoms with Gasteiger partial charge >= 0.3 is 5.97 Å². The average molecular weight is 247 g/mol. The van der Waals surface area contributed by atoms with Crippen LogP contribution in [0.4, 0.5) is 0 Å². The summed E-state index contributed by atoms with van der Waals surface area (Å²) in [6.45, 7) is 3.13. The van der Waals surface area contributed by atoms with E-state index in [9.17, 15) is 9.59 Å². The fourth-order valence-corrected chi connectivity index (χ4v) is 1.71. The molecule has 2 aromatic heterocycles. The molecule has 2 rings (SSSR count). The Bertz CT molecular complexity index is 618. The van der Waals surface area contributed by atoms with Crippen LogP contribution in [0.3, 0.4) is 0 Å². The van der Waals surface area contributed by atoms with Crippen LogP contribution in [0.15, 0.2) is 24.4 Å². The molecule has 0 aromatic carbocycles. The topological polar surface area (TPSA) is 83.7 Å². The lowest BCUT2D eigenvalue weighted by molar-refractivity contribution is -0.138. The maximum atomic E-state index is 12.0. The number of carbonyl (C=O) groups is 2. The second kappa shape index (κ2) is 4.48. The quantitative estimate of drug-likeness (QED) is 0.842. The number of rotatable bonds is 3. The Kier molecular flexibility index (Phi) is 3.01. The van der Waals surface area contributed by atoms with Gasteiger partial charge in [-0.1, -0.05) is 6.07 Å². The van der Waals surface area contributed by atoms with E-state index in [1.807, 2.05) is 6.07 Å². The highest BCUT2D eigenvalue weighted by Crippen LogP contribution is 2.11. The minimum Gasteiger partial charge on any atom is -0.480 e. The van der Waals surface area contributed by atoms with Crippen LogP contribution in [0.5, 0.6) is 0 Å². The number of aliphatic carboxylic acids is 1. The molecule has 0 aliphatic rings. The summed E-state index contributed by atoms with van der Waals surface area (Å²) in [7, 11) is 0. The Hall–Kier alpha value is -2.37. The van der Waals surface area contributed by atoms with Gasteiger partial charge in [-0.2, -0.15) is 0 Å². The van der Waals surface area contributed by atoms with Crippen molar-refractivity contribution < 1.29 is 14.7 Å².